The number of imidazole rings is 1. The maximum Gasteiger partial charge on any atom is 0.290 e. The van der Waals surface area contributed by atoms with Crippen molar-refractivity contribution in [2.24, 2.45) is 0 Å². The molecular weight excluding hydrogens is 286 g/mol. The molecule has 1 aromatic heterocycles. The average Bonchev–Trinajstić information content (AvgIpc) is 2.90. The average molecular weight is 299 g/mol. The first-order valence-electron chi connectivity index (χ1n) is 6.32. The van der Waals surface area contributed by atoms with Crippen LogP contribution in [0, 0.1) is 0 Å². The standard InChI is InChI=1S/C15H13N3O2S/c1-20-10-6-8-11(9-7-10)21-15(19)18-14-16-12-4-2-3-5-13(12)17-14/h2-9H,1H3,(H2,16,17,18,19). The van der Waals surface area contributed by atoms with E-state index in [1.54, 1.807) is 7.11 Å². The van der Waals surface area contributed by atoms with E-state index < -0.39 is 0 Å². The third-order valence-electron chi connectivity index (χ3n) is 2.88. The Labute approximate surface area is 125 Å². The van der Waals surface area contributed by atoms with Crippen LogP contribution in [0.4, 0.5) is 10.7 Å². The molecular formula is C15H13N3O2S. The molecule has 21 heavy (non-hydrogen) atoms. The van der Waals surface area contributed by atoms with Crippen LogP contribution in [-0.4, -0.2) is 22.3 Å². The summed E-state index contributed by atoms with van der Waals surface area (Å²) >= 11 is 1.10. The molecule has 3 rings (SSSR count). The summed E-state index contributed by atoms with van der Waals surface area (Å²) in [4.78, 5) is 20.2. The number of hydrogen-bond acceptors (Lipinski definition) is 4. The molecule has 0 bridgehead atoms. The highest BCUT2D eigenvalue weighted by Gasteiger charge is 2.08. The van der Waals surface area contributed by atoms with Crippen molar-refractivity contribution < 1.29 is 9.53 Å². The van der Waals surface area contributed by atoms with Crippen molar-refractivity contribution in [2.75, 3.05) is 12.4 Å². The Kier molecular flexibility index (Phi) is 3.79. The zero-order valence-corrected chi connectivity index (χ0v) is 12.1. The van der Waals surface area contributed by atoms with Gasteiger partial charge in [-0.2, -0.15) is 0 Å². The van der Waals surface area contributed by atoms with Crippen molar-refractivity contribution in [3.63, 3.8) is 0 Å². The number of ether oxygens (including phenoxy) is 1. The number of H-pyrrole nitrogens is 1. The molecule has 0 fully saturated rings. The molecule has 1 amide bonds. The number of benzene rings is 2. The summed E-state index contributed by atoms with van der Waals surface area (Å²) in [6.07, 6.45) is 0. The van der Waals surface area contributed by atoms with Gasteiger partial charge < -0.3 is 9.72 Å². The molecule has 0 unspecified atom stereocenters. The molecule has 0 aliphatic rings. The minimum atomic E-state index is -0.195. The second-order valence-corrected chi connectivity index (χ2v) is 5.34. The number of para-hydroxylation sites is 2. The molecule has 0 aliphatic carbocycles. The maximum atomic E-state index is 12.0. The lowest BCUT2D eigenvalue weighted by Gasteiger charge is -2.03. The fraction of sp³-hybridized carbons (Fsp3) is 0.0667. The molecule has 0 saturated carbocycles. The number of aromatic amines is 1. The van der Waals surface area contributed by atoms with Gasteiger partial charge in [0.2, 0.25) is 5.95 Å². The van der Waals surface area contributed by atoms with Gasteiger partial charge in [0.25, 0.3) is 5.24 Å². The molecule has 0 saturated heterocycles. The van der Waals surface area contributed by atoms with Gasteiger partial charge in [0.05, 0.1) is 18.1 Å². The number of nitrogens with one attached hydrogen (secondary N) is 2. The maximum absolute atomic E-state index is 12.0. The van der Waals surface area contributed by atoms with Gasteiger partial charge in [-0.1, -0.05) is 12.1 Å². The van der Waals surface area contributed by atoms with Gasteiger partial charge in [-0.15, -0.1) is 0 Å². The minimum Gasteiger partial charge on any atom is -0.497 e. The van der Waals surface area contributed by atoms with E-state index in [1.807, 2.05) is 48.5 Å². The first-order valence-corrected chi connectivity index (χ1v) is 7.14. The highest BCUT2D eigenvalue weighted by molar-refractivity contribution is 8.13. The van der Waals surface area contributed by atoms with E-state index >= 15 is 0 Å². The summed E-state index contributed by atoms with van der Waals surface area (Å²) in [5.41, 5.74) is 1.71. The van der Waals surface area contributed by atoms with Crippen LogP contribution < -0.4 is 10.1 Å². The zero-order chi connectivity index (χ0) is 14.7. The fourth-order valence-corrected chi connectivity index (χ4v) is 2.52. The first kappa shape index (κ1) is 13.5. The monoisotopic (exact) mass is 299 g/mol. The van der Waals surface area contributed by atoms with Gasteiger partial charge in [-0.05, 0) is 48.2 Å². The van der Waals surface area contributed by atoms with Crippen molar-refractivity contribution in [3.8, 4) is 5.75 Å². The number of anilines is 1. The Balaban J connectivity index is 1.67. The van der Waals surface area contributed by atoms with Gasteiger partial charge in [0.1, 0.15) is 5.75 Å². The van der Waals surface area contributed by atoms with Gasteiger partial charge in [-0.25, -0.2) is 4.98 Å². The molecule has 0 radical (unpaired) electrons. The van der Waals surface area contributed by atoms with Gasteiger partial charge in [-0.3, -0.25) is 10.1 Å². The molecule has 1 heterocycles. The number of hydrogen-bond donors (Lipinski definition) is 2. The summed E-state index contributed by atoms with van der Waals surface area (Å²) in [5.74, 6) is 1.21. The summed E-state index contributed by atoms with van der Waals surface area (Å²) in [6.45, 7) is 0. The van der Waals surface area contributed by atoms with Gasteiger partial charge >= 0.3 is 0 Å². The molecule has 3 aromatic rings. The van der Waals surface area contributed by atoms with E-state index in [1.165, 1.54) is 0 Å². The van der Waals surface area contributed by atoms with Gasteiger partial charge in [0, 0.05) is 4.90 Å². The SMILES string of the molecule is COc1ccc(SC(=O)Nc2nc3ccccc3[nH]2)cc1. The Bertz CT molecular complexity index is 735. The molecule has 0 atom stereocenters. The fourth-order valence-electron chi connectivity index (χ4n) is 1.88. The van der Waals surface area contributed by atoms with E-state index in [0.29, 0.717) is 5.95 Å². The van der Waals surface area contributed by atoms with Crippen LogP contribution in [0.15, 0.2) is 53.4 Å². The molecule has 2 aromatic carbocycles. The van der Waals surface area contributed by atoms with E-state index in [2.05, 4.69) is 15.3 Å². The Hall–Kier alpha value is -2.47. The number of amides is 1. The summed E-state index contributed by atoms with van der Waals surface area (Å²) in [5, 5.41) is 2.54. The number of thioether (sulfide) groups is 1. The van der Waals surface area contributed by atoms with E-state index in [0.717, 1.165) is 33.4 Å². The molecule has 2 N–H and O–H groups in total. The molecule has 6 heteroatoms. The number of rotatable bonds is 3. The second kappa shape index (κ2) is 5.88. The summed E-state index contributed by atoms with van der Waals surface area (Å²) in [6, 6.07) is 14.9. The Morgan fingerprint density at radius 3 is 2.67 bits per heavy atom. The minimum absolute atomic E-state index is 0.195. The smallest absolute Gasteiger partial charge is 0.290 e. The number of nitrogens with zero attached hydrogens (tertiary/aromatic N) is 1. The van der Waals surface area contributed by atoms with Crippen LogP contribution in [0.2, 0.25) is 0 Å². The second-order valence-electron chi connectivity index (χ2n) is 4.29. The van der Waals surface area contributed by atoms with Crippen molar-refractivity contribution in [1.82, 2.24) is 9.97 Å². The normalized spacial score (nSPS) is 10.5. The Morgan fingerprint density at radius 1 is 1.19 bits per heavy atom. The van der Waals surface area contributed by atoms with Crippen molar-refractivity contribution >= 4 is 34.0 Å². The first-order chi connectivity index (χ1) is 10.2. The van der Waals surface area contributed by atoms with Crippen LogP contribution in [0.25, 0.3) is 11.0 Å². The third-order valence-corrected chi connectivity index (χ3v) is 3.68. The Morgan fingerprint density at radius 2 is 1.95 bits per heavy atom. The van der Waals surface area contributed by atoms with Gasteiger partial charge in [0.15, 0.2) is 0 Å². The number of methoxy groups -OCH3 is 1. The topological polar surface area (TPSA) is 67.0 Å². The largest absolute Gasteiger partial charge is 0.497 e. The third kappa shape index (κ3) is 3.17. The molecule has 0 aliphatic heterocycles. The number of fused-ring (bicyclic) bond motifs is 1. The highest BCUT2D eigenvalue weighted by atomic mass is 32.2. The predicted octanol–water partition coefficient (Wildman–Crippen LogP) is 3.90. The van der Waals surface area contributed by atoms with E-state index in [4.69, 9.17) is 4.74 Å². The van der Waals surface area contributed by atoms with Crippen molar-refractivity contribution in [1.29, 1.82) is 0 Å². The van der Waals surface area contributed by atoms with Crippen molar-refractivity contribution in [2.45, 2.75) is 4.90 Å². The summed E-state index contributed by atoms with van der Waals surface area (Å²) in [7, 11) is 1.61. The predicted molar refractivity (Wildman–Crippen MR) is 84.0 cm³/mol. The zero-order valence-electron chi connectivity index (χ0n) is 11.3. The lowest BCUT2D eigenvalue weighted by atomic mass is 10.3. The number of carbonyl (C=O) groups excluding carboxylic acids is 1. The van der Waals surface area contributed by atoms with E-state index in [-0.39, 0.29) is 5.24 Å². The quantitative estimate of drug-likeness (QED) is 0.720. The lowest BCUT2D eigenvalue weighted by Crippen LogP contribution is -2.05. The summed E-state index contributed by atoms with van der Waals surface area (Å²) < 4.78 is 5.08. The van der Waals surface area contributed by atoms with Crippen LogP contribution >= 0.6 is 11.8 Å². The molecule has 0 spiro atoms. The van der Waals surface area contributed by atoms with Crippen LogP contribution in [0.5, 0.6) is 5.75 Å². The van der Waals surface area contributed by atoms with Crippen LogP contribution in [-0.2, 0) is 0 Å². The van der Waals surface area contributed by atoms with Crippen LogP contribution in [0.1, 0.15) is 0 Å². The lowest BCUT2D eigenvalue weighted by molar-refractivity contribution is 0.269. The number of aromatic nitrogens is 2. The molecule has 5 nitrogen and oxygen atoms in total. The van der Waals surface area contributed by atoms with Crippen molar-refractivity contribution in [3.05, 3.63) is 48.5 Å². The molecule has 106 valence electrons. The number of carbonyl (C=O) groups is 1. The van der Waals surface area contributed by atoms with E-state index in [9.17, 15) is 4.79 Å². The highest BCUT2D eigenvalue weighted by Crippen LogP contribution is 2.23. The van der Waals surface area contributed by atoms with Crippen LogP contribution in [0.3, 0.4) is 0 Å².